The van der Waals surface area contributed by atoms with Crippen LogP contribution in [0.5, 0.6) is 0 Å². The molecule has 0 N–H and O–H groups in total. The largest absolute Gasteiger partial charge is 0.312 e. The molecule has 1 aromatic heterocycles. The number of aromatic nitrogens is 1. The van der Waals surface area contributed by atoms with Gasteiger partial charge in [-0.05, 0) is 71.5 Å². The van der Waals surface area contributed by atoms with Gasteiger partial charge in [0.05, 0.1) is 5.02 Å². The summed E-state index contributed by atoms with van der Waals surface area (Å²) in [6.45, 7) is 0.683. The van der Waals surface area contributed by atoms with Crippen LogP contribution in [0, 0.1) is 5.82 Å². The number of aryl methyl sites for hydroxylation is 1. The number of fused-ring (bicyclic) bond motifs is 1. The third-order valence-corrected chi connectivity index (χ3v) is 5.21. The summed E-state index contributed by atoms with van der Waals surface area (Å²) in [5, 5.41) is 0.101. The maximum Gasteiger partial charge on any atom is 0.227 e. The molecule has 27 heavy (non-hydrogen) atoms. The first-order chi connectivity index (χ1) is 13.1. The lowest BCUT2D eigenvalue weighted by atomic mass is 10.0. The van der Waals surface area contributed by atoms with Gasteiger partial charge in [0.15, 0.2) is 0 Å². The van der Waals surface area contributed by atoms with Crippen molar-refractivity contribution in [3.8, 4) is 11.1 Å². The van der Waals surface area contributed by atoms with Gasteiger partial charge in [-0.2, -0.15) is 0 Å². The van der Waals surface area contributed by atoms with Gasteiger partial charge in [-0.1, -0.05) is 23.7 Å². The molecule has 0 spiro atoms. The molecule has 5 heteroatoms. The fraction of sp³-hybridized carbons (Fsp3) is 0.182. The highest BCUT2D eigenvalue weighted by molar-refractivity contribution is 6.30. The first kappa shape index (κ1) is 17.7. The predicted molar refractivity (Wildman–Crippen MR) is 105 cm³/mol. The Labute approximate surface area is 162 Å². The van der Waals surface area contributed by atoms with Crippen molar-refractivity contribution in [3.63, 3.8) is 0 Å². The molecule has 0 saturated heterocycles. The van der Waals surface area contributed by atoms with Crippen molar-refractivity contribution in [1.82, 2.24) is 4.98 Å². The van der Waals surface area contributed by atoms with Crippen molar-refractivity contribution in [2.24, 2.45) is 0 Å². The lowest BCUT2D eigenvalue weighted by Gasteiger charge is -2.18. The van der Waals surface area contributed by atoms with Crippen LogP contribution in [0.3, 0.4) is 0 Å². The van der Waals surface area contributed by atoms with E-state index >= 15 is 0 Å². The zero-order valence-corrected chi connectivity index (χ0v) is 15.4. The first-order valence-corrected chi connectivity index (χ1v) is 9.27. The van der Waals surface area contributed by atoms with Gasteiger partial charge in [0.25, 0.3) is 0 Å². The summed E-state index contributed by atoms with van der Waals surface area (Å²) in [6, 6.07) is 14.8. The highest BCUT2D eigenvalue weighted by Crippen LogP contribution is 2.32. The van der Waals surface area contributed by atoms with Crippen molar-refractivity contribution >= 4 is 23.2 Å². The van der Waals surface area contributed by atoms with Crippen LogP contribution in [-0.4, -0.2) is 17.4 Å². The molecule has 1 aliphatic rings. The smallest absolute Gasteiger partial charge is 0.227 e. The van der Waals surface area contributed by atoms with Crippen molar-refractivity contribution in [1.29, 1.82) is 0 Å². The van der Waals surface area contributed by atoms with Gasteiger partial charge in [-0.15, -0.1) is 0 Å². The second-order valence-electron chi connectivity index (χ2n) is 6.62. The molecule has 4 rings (SSSR count). The summed E-state index contributed by atoms with van der Waals surface area (Å²) in [6.07, 6.45) is 5.23. The highest BCUT2D eigenvalue weighted by Gasteiger charge is 2.24. The number of carbonyl (C=O) groups excluding carboxylic acids is 1. The van der Waals surface area contributed by atoms with Crippen LogP contribution in [-0.2, 0) is 17.6 Å². The van der Waals surface area contributed by atoms with Gasteiger partial charge in [-0.3, -0.25) is 9.78 Å². The summed E-state index contributed by atoms with van der Waals surface area (Å²) in [5.74, 6) is -0.391. The number of rotatable bonds is 4. The van der Waals surface area contributed by atoms with Crippen LogP contribution >= 0.6 is 11.6 Å². The molecule has 2 heterocycles. The lowest BCUT2D eigenvalue weighted by molar-refractivity contribution is -0.118. The van der Waals surface area contributed by atoms with Gasteiger partial charge >= 0.3 is 0 Å². The summed E-state index contributed by atoms with van der Waals surface area (Å²) in [4.78, 5) is 18.6. The highest BCUT2D eigenvalue weighted by atomic mass is 35.5. The molecule has 0 bridgehead atoms. The fourth-order valence-corrected chi connectivity index (χ4v) is 3.58. The Morgan fingerprint density at radius 2 is 1.89 bits per heavy atom. The Morgan fingerprint density at radius 1 is 1.07 bits per heavy atom. The fourth-order valence-electron chi connectivity index (χ4n) is 3.47. The summed E-state index contributed by atoms with van der Waals surface area (Å²) >= 11 is 5.71. The molecule has 0 fully saturated rings. The van der Waals surface area contributed by atoms with Crippen LogP contribution in [0.1, 0.15) is 17.5 Å². The monoisotopic (exact) mass is 380 g/mol. The zero-order chi connectivity index (χ0) is 18.8. The van der Waals surface area contributed by atoms with E-state index in [1.165, 1.54) is 17.7 Å². The Kier molecular flexibility index (Phi) is 4.90. The van der Waals surface area contributed by atoms with Gasteiger partial charge in [0.2, 0.25) is 5.91 Å². The van der Waals surface area contributed by atoms with Crippen LogP contribution in [0.4, 0.5) is 10.1 Å². The van der Waals surface area contributed by atoms with E-state index in [-0.39, 0.29) is 10.9 Å². The van der Waals surface area contributed by atoms with Crippen molar-refractivity contribution < 1.29 is 9.18 Å². The van der Waals surface area contributed by atoms with E-state index in [1.54, 1.807) is 18.5 Å². The molecular formula is C22H18ClFN2O. The normalized spacial score (nSPS) is 12.9. The van der Waals surface area contributed by atoms with Crippen LogP contribution in [0.2, 0.25) is 5.02 Å². The quantitative estimate of drug-likeness (QED) is 0.633. The van der Waals surface area contributed by atoms with Crippen LogP contribution < -0.4 is 4.90 Å². The Bertz CT molecular complexity index is 991. The zero-order valence-electron chi connectivity index (χ0n) is 14.7. The maximum atomic E-state index is 13.5. The number of anilines is 1. The number of nitrogens with zero attached hydrogens (tertiary/aromatic N) is 2. The third kappa shape index (κ3) is 3.71. The lowest BCUT2D eigenvalue weighted by Crippen LogP contribution is -2.29. The van der Waals surface area contributed by atoms with Crippen LogP contribution in [0.25, 0.3) is 11.1 Å². The molecule has 1 aliphatic heterocycles. The second kappa shape index (κ2) is 7.49. The Balaban J connectivity index is 1.47. The third-order valence-electron chi connectivity index (χ3n) is 4.90. The minimum atomic E-state index is -0.447. The number of halogens is 2. The standard InChI is InChI=1S/C22H18ClFN2O/c23-19-4-1-15(13-20(19)24)2-6-22(27)26-12-9-18-14-17(3-5-21(18)26)16-7-10-25-11-8-16/h1,3-5,7-8,10-11,13-14H,2,6,9,12H2. The minimum Gasteiger partial charge on any atom is -0.312 e. The number of benzene rings is 2. The molecule has 0 unspecified atom stereocenters. The number of hydrogen-bond donors (Lipinski definition) is 0. The number of amides is 1. The van der Waals surface area contributed by atoms with E-state index in [4.69, 9.17) is 11.6 Å². The van der Waals surface area contributed by atoms with Crippen molar-refractivity contribution in [2.75, 3.05) is 11.4 Å². The SMILES string of the molecule is O=C(CCc1ccc(Cl)c(F)c1)N1CCc2cc(-c3ccncc3)ccc21. The molecule has 0 radical (unpaired) electrons. The molecule has 0 aliphatic carbocycles. The Morgan fingerprint density at radius 3 is 2.67 bits per heavy atom. The van der Waals surface area contributed by atoms with Gasteiger partial charge in [0, 0.05) is 31.0 Å². The average molecular weight is 381 g/mol. The molecule has 0 saturated carbocycles. The van der Waals surface area contributed by atoms with Crippen molar-refractivity contribution in [2.45, 2.75) is 19.3 Å². The number of pyridine rings is 1. The molecule has 3 aromatic rings. The first-order valence-electron chi connectivity index (χ1n) is 8.89. The van der Waals surface area contributed by atoms with Gasteiger partial charge in [0.1, 0.15) is 5.82 Å². The predicted octanol–water partition coefficient (Wildman–Crippen LogP) is 5.06. The molecule has 0 atom stereocenters. The molecule has 1 amide bonds. The van der Waals surface area contributed by atoms with E-state index in [2.05, 4.69) is 11.1 Å². The second-order valence-corrected chi connectivity index (χ2v) is 7.03. The van der Waals surface area contributed by atoms with Crippen LogP contribution in [0.15, 0.2) is 60.9 Å². The molecule has 136 valence electrons. The summed E-state index contributed by atoms with van der Waals surface area (Å²) in [7, 11) is 0. The topological polar surface area (TPSA) is 33.2 Å². The number of hydrogen-bond acceptors (Lipinski definition) is 2. The van der Waals surface area contributed by atoms with E-state index < -0.39 is 5.82 Å². The Hall–Kier alpha value is -2.72. The van der Waals surface area contributed by atoms with Gasteiger partial charge < -0.3 is 4.90 Å². The number of carbonyl (C=O) groups is 1. The average Bonchev–Trinajstić information content (AvgIpc) is 3.12. The minimum absolute atomic E-state index is 0.0563. The molecule has 2 aromatic carbocycles. The summed E-state index contributed by atoms with van der Waals surface area (Å²) in [5.41, 5.74) is 5.16. The van der Waals surface area contributed by atoms with Crippen molar-refractivity contribution in [3.05, 3.63) is 82.9 Å². The molecular weight excluding hydrogens is 363 g/mol. The maximum absolute atomic E-state index is 13.5. The molecule has 3 nitrogen and oxygen atoms in total. The van der Waals surface area contributed by atoms with E-state index in [9.17, 15) is 9.18 Å². The van der Waals surface area contributed by atoms with E-state index in [0.717, 1.165) is 28.8 Å². The van der Waals surface area contributed by atoms with E-state index in [0.29, 0.717) is 19.4 Å². The van der Waals surface area contributed by atoms with Gasteiger partial charge in [-0.25, -0.2) is 4.39 Å². The van der Waals surface area contributed by atoms with E-state index in [1.807, 2.05) is 29.2 Å². The summed E-state index contributed by atoms with van der Waals surface area (Å²) < 4.78 is 13.5.